The van der Waals surface area contributed by atoms with Crippen molar-refractivity contribution in [2.75, 3.05) is 0 Å². The van der Waals surface area contributed by atoms with E-state index in [1.54, 1.807) is 31.8 Å². The van der Waals surface area contributed by atoms with E-state index in [2.05, 4.69) is 15.1 Å². The molecule has 3 aromatic rings. The van der Waals surface area contributed by atoms with Crippen LogP contribution in [0.25, 0.3) is 11.4 Å². The zero-order valence-electron chi connectivity index (χ0n) is 13.8. The second-order valence-electron chi connectivity index (χ2n) is 6.26. The van der Waals surface area contributed by atoms with Crippen LogP contribution in [-0.4, -0.2) is 31.3 Å². The smallest absolute Gasteiger partial charge is 0.360 e. The number of esters is 1. The van der Waals surface area contributed by atoms with E-state index in [1.165, 1.54) is 6.26 Å². The van der Waals surface area contributed by atoms with Gasteiger partial charge in [0.05, 0.1) is 0 Å². The van der Waals surface area contributed by atoms with Crippen LogP contribution in [0.5, 0.6) is 0 Å². The summed E-state index contributed by atoms with van der Waals surface area (Å²) in [5.74, 6) is 0.468. The van der Waals surface area contributed by atoms with Gasteiger partial charge in [-0.25, -0.2) is 19.4 Å². The lowest BCUT2D eigenvalue weighted by atomic mass is 10.2. The molecule has 7 nitrogen and oxygen atoms in total. The van der Waals surface area contributed by atoms with Crippen molar-refractivity contribution in [3.8, 4) is 11.4 Å². The van der Waals surface area contributed by atoms with Gasteiger partial charge in [0.1, 0.15) is 24.7 Å². The van der Waals surface area contributed by atoms with E-state index in [1.807, 2.05) is 30.3 Å². The third-order valence-electron chi connectivity index (χ3n) is 3.03. The number of hydrogen-bond acceptors (Lipinski definition) is 6. The Kier molecular flexibility index (Phi) is 4.16. The minimum Gasteiger partial charge on any atom is -0.455 e. The first kappa shape index (κ1) is 15.9. The second kappa shape index (κ2) is 6.27. The summed E-state index contributed by atoms with van der Waals surface area (Å²) in [4.78, 5) is 20.3. The van der Waals surface area contributed by atoms with Crippen molar-refractivity contribution in [1.29, 1.82) is 0 Å². The normalized spacial score (nSPS) is 11.5. The SMILES string of the molecule is CC(C)(C)OC(=O)c1coc(Cn2cnc(-c3ccccc3)n2)n1. The highest BCUT2D eigenvalue weighted by molar-refractivity contribution is 5.87. The molecule has 1 aromatic carbocycles. The van der Waals surface area contributed by atoms with Gasteiger partial charge in [-0.05, 0) is 20.8 Å². The molecule has 7 heteroatoms. The molecule has 0 saturated carbocycles. The average Bonchev–Trinajstić information content (AvgIpc) is 3.16. The molecule has 0 spiro atoms. The van der Waals surface area contributed by atoms with Gasteiger partial charge >= 0.3 is 5.97 Å². The van der Waals surface area contributed by atoms with E-state index in [0.717, 1.165) is 5.56 Å². The fraction of sp³-hybridized carbons (Fsp3) is 0.294. The number of aromatic nitrogens is 4. The van der Waals surface area contributed by atoms with Crippen molar-refractivity contribution in [2.45, 2.75) is 32.9 Å². The minimum atomic E-state index is -0.577. The van der Waals surface area contributed by atoms with Crippen molar-refractivity contribution >= 4 is 5.97 Å². The summed E-state index contributed by atoms with van der Waals surface area (Å²) in [6, 6.07) is 9.66. The maximum absolute atomic E-state index is 11.9. The van der Waals surface area contributed by atoms with Crippen LogP contribution in [0.15, 0.2) is 47.3 Å². The van der Waals surface area contributed by atoms with Crippen molar-refractivity contribution in [3.05, 3.63) is 54.5 Å². The van der Waals surface area contributed by atoms with E-state index in [-0.39, 0.29) is 12.2 Å². The van der Waals surface area contributed by atoms with Gasteiger partial charge in [-0.2, -0.15) is 5.10 Å². The van der Waals surface area contributed by atoms with Crippen LogP contribution in [0.4, 0.5) is 0 Å². The molecule has 0 amide bonds. The van der Waals surface area contributed by atoms with E-state index >= 15 is 0 Å². The van der Waals surface area contributed by atoms with Gasteiger partial charge in [-0.15, -0.1) is 0 Å². The molecule has 24 heavy (non-hydrogen) atoms. The van der Waals surface area contributed by atoms with Gasteiger partial charge < -0.3 is 9.15 Å². The monoisotopic (exact) mass is 326 g/mol. The summed E-state index contributed by atoms with van der Waals surface area (Å²) >= 11 is 0. The van der Waals surface area contributed by atoms with Gasteiger partial charge in [0.25, 0.3) is 0 Å². The van der Waals surface area contributed by atoms with E-state index in [0.29, 0.717) is 11.7 Å². The largest absolute Gasteiger partial charge is 0.455 e. The standard InChI is InChI=1S/C17H18N4O3/c1-17(2,3)24-16(22)13-10-23-14(19-13)9-21-11-18-15(20-21)12-7-5-4-6-8-12/h4-8,10-11H,9H2,1-3H3. The molecule has 0 atom stereocenters. The molecule has 0 saturated heterocycles. The Labute approximate surface area is 139 Å². The number of hydrogen-bond donors (Lipinski definition) is 0. The van der Waals surface area contributed by atoms with Crippen molar-refractivity contribution in [2.24, 2.45) is 0 Å². The second-order valence-corrected chi connectivity index (χ2v) is 6.26. The minimum absolute atomic E-state index is 0.142. The molecule has 0 unspecified atom stereocenters. The molecular formula is C17H18N4O3. The highest BCUT2D eigenvalue weighted by Gasteiger charge is 2.21. The Morgan fingerprint density at radius 3 is 2.71 bits per heavy atom. The molecule has 0 aliphatic carbocycles. The van der Waals surface area contributed by atoms with Crippen LogP contribution >= 0.6 is 0 Å². The highest BCUT2D eigenvalue weighted by Crippen LogP contribution is 2.15. The van der Waals surface area contributed by atoms with Crippen LogP contribution in [0.2, 0.25) is 0 Å². The molecule has 0 N–H and O–H groups in total. The number of carbonyl (C=O) groups is 1. The lowest BCUT2D eigenvalue weighted by Crippen LogP contribution is -2.24. The molecule has 0 fully saturated rings. The number of carbonyl (C=O) groups excluding carboxylic acids is 1. The van der Waals surface area contributed by atoms with Crippen LogP contribution in [0.3, 0.4) is 0 Å². The molecule has 0 aliphatic heterocycles. The molecule has 0 aliphatic rings. The van der Waals surface area contributed by atoms with Crippen molar-refractivity contribution in [3.63, 3.8) is 0 Å². The van der Waals surface area contributed by atoms with Gasteiger partial charge in [0.15, 0.2) is 11.5 Å². The maximum atomic E-state index is 11.9. The molecule has 124 valence electrons. The van der Waals surface area contributed by atoms with Crippen molar-refractivity contribution < 1.29 is 13.9 Å². The molecule has 2 heterocycles. The molecular weight excluding hydrogens is 308 g/mol. The first-order valence-electron chi connectivity index (χ1n) is 7.53. The highest BCUT2D eigenvalue weighted by atomic mass is 16.6. The van der Waals surface area contributed by atoms with Gasteiger partial charge in [0.2, 0.25) is 5.89 Å². The summed E-state index contributed by atoms with van der Waals surface area (Å²) in [6.07, 6.45) is 2.89. The first-order chi connectivity index (χ1) is 11.4. The zero-order valence-corrected chi connectivity index (χ0v) is 13.8. The predicted octanol–water partition coefficient (Wildman–Crippen LogP) is 2.94. The fourth-order valence-corrected chi connectivity index (χ4v) is 2.04. The summed E-state index contributed by atoms with van der Waals surface area (Å²) in [7, 11) is 0. The third kappa shape index (κ3) is 3.87. The van der Waals surface area contributed by atoms with Crippen LogP contribution in [0.1, 0.15) is 37.2 Å². The zero-order chi connectivity index (χ0) is 17.2. The quantitative estimate of drug-likeness (QED) is 0.686. The Balaban J connectivity index is 1.69. The Bertz CT molecular complexity index is 831. The van der Waals surface area contributed by atoms with Gasteiger partial charge in [-0.3, -0.25) is 0 Å². The molecule has 2 aromatic heterocycles. The molecule has 0 radical (unpaired) electrons. The first-order valence-corrected chi connectivity index (χ1v) is 7.53. The topological polar surface area (TPSA) is 83.0 Å². The predicted molar refractivity (Wildman–Crippen MR) is 86.2 cm³/mol. The van der Waals surface area contributed by atoms with Crippen LogP contribution in [-0.2, 0) is 11.3 Å². The van der Waals surface area contributed by atoms with E-state index in [4.69, 9.17) is 9.15 Å². The average molecular weight is 326 g/mol. The van der Waals surface area contributed by atoms with Crippen LogP contribution in [0, 0.1) is 0 Å². The van der Waals surface area contributed by atoms with Crippen LogP contribution < -0.4 is 0 Å². The number of nitrogens with zero attached hydrogens (tertiary/aromatic N) is 4. The number of ether oxygens (including phenoxy) is 1. The Morgan fingerprint density at radius 1 is 1.25 bits per heavy atom. The lowest BCUT2D eigenvalue weighted by molar-refractivity contribution is 0.00627. The van der Waals surface area contributed by atoms with Gasteiger partial charge in [-0.1, -0.05) is 30.3 Å². The number of benzene rings is 1. The summed E-state index contributed by atoms with van der Waals surface area (Å²) in [5, 5.41) is 4.38. The summed E-state index contributed by atoms with van der Waals surface area (Å²) in [6.45, 7) is 5.67. The number of rotatable bonds is 4. The van der Waals surface area contributed by atoms with E-state index < -0.39 is 11.6 Å². The lowest BCUT2D eigenvalue weighted by Gasteiger charge is -2.18. The summed E-state index contributed by atoms with van der Waals surface area (Å²) in [5.41, 5.74) is 0.494. The Hall–Kier alpha value is -2.96. The fourth-order valence-electron chi connectivity index (χ4n) is 2.04. The third-order valence-corrected chi connectivity index (χ3v) is 3.03. The number of oxazole rings is 1. The molecule has 0 bridgehead atoms. The Morgan fingerprint density at radius 2 is 2.00 bits per heavy atom. The van der Waals surface area contributed by atoms with Crippen molar-refractivity contribution in [1.82, 2.24) is 19.7 Å². The maximum Gasteiger partial charge on any atom is 0.360 e. The van der Waals surface area contributed by atoms with Gasteiger partial charge in [0, 0.05) is 5.56 Å². The summed E-state index contributed by atoms with van der Waals surface area (Å²) < 4.78 is 12.2. The van der Waals surface area contributed by atoms with E-state index in [9.17, 15) is 4.79 Å². The molecule has 3 rings (SSSR count).